The Hall–Kier alpha value is -2.21. The Bertz CT molecular complexity index is 537. The lowest BCUT2D eigenvalue weighted by Gasteiger charge is -2.12. The Morgan fingerprint density at radius 1 is 1.40 bits per heavy atom. The van der Waals surface area contributed by atoms with Gasteiger partial charge in [-0.05, 0) is 44.2 Å². The van der Waals surface area contributed by atoms with Crippen LogP contribution in [0.1, 0.15) is 30.1 Å². The molecule has 0 spiro atoms. The average Bonchev–Trinajstić information content (AvgIpc) is 2.78. The lowest BCUT2D eigenvalue weighted by Crippen LogP contribution is -2.26. The molecule has 0 unspecified atom stereocenters. The van der Waals surface area contributed by atoms with Crippen LogP contribution >= 0.6 is 0 Å². The number of hydrazone groups is 1. The number of benzene rings is 1. The molecule has 0 saturated carbocycles. The molecule has 6 nitrogen and oxygen atoms in total. The highest BCUT2D eigenvalue weighted by atomic mass is 16.2. The molecule has 0 atom stereocenters. The SMILES string of the molecule is CC1=NN(c2ccc(C(=O)NCCCN)cc2)C(=O)C1. The molecule has 1 aromatic carbocycles. The summed E-state index contributed by atoms with van der Waals surface area (Å²) in [5.41, 5.74) is 7.38. The Balaban J connectivity index is 2.03. The van der Waals surface area contributed by atoms with Crippen LogP contribution in [0.3, 0.4) is 0 Å². The van der Waals surface area contributed by atoms with Crippen LogP contribution in [0.25, 0.3) is 0 Å². The molecule has 0 bridgehead atoms. The van der Waals surface area contributed by atoms with E-state index in [4.69, 9.17) is 5.73 Å². The highest BCUT2D eigenvalue weighted by molar-refractivity contribution is 6.12. The second-order valence-electron chi connectivity index (χ2n) is 4.66. The Kier molecular flexibility index (Phi) is 4.47. The number of nitrogens with zero attached hydrogens (tertiary/aromatic N) is 2. The molecule has 2 amide bonds. The number of hydrogen-bond donors (Lipinski definition) is 2. The maximum Gasteiger partial charge on any atom is 0.253 e. The van der Waals surface area contributed by atoms with E-state index >= 15 is 0 Å². The summed E-state index contributed by atoms with van der Waals surface area (Å²) >= 11 is 0. The van der Waals surface area contributed by atoms with Gasteiger partial charge in [-0.1, -0.05) is 0 Å². The van der Waals surface area contributed by atoms with E-state index in [1.807, 2.05) is 6.92 Å². The molecule has 1 aliphatic rings. The summed E-state index contributed by atoms with van der Waals surface area (Å²) in [6.07, 6.45) is 1.10. The zero-order valence-electron chi connectivity index (χ0n) is 11.4. The van der Waals surface area contributed by atoms with E-state index in [-0.39, 0.29) is 11.8 Å². The third-order valence-corrected chi connectivity index (χ3v) is 2.95. The van der Waals surface area contributed by atoms with Crippen molar-refractivity contribution in [3.8, 4) is 0 Å². The molecule has 0 fully saturated rings. The van der Waals surface area contributed by atoms with Gasteiger partial charge in [-0.15, -0.1) is 0 Å². The van der Waals surface area contributed by atoms with Crippen LogP contribution in [0, 0.1) is 0 Å². The minimum absolute atomic E-state index is 0.0531. The predicted octanol–water partition coefficient (Wildman–Crippen LogP) is 0.878. The normalized spacial score (nSPS) is 14.4. The topological polar surface area (TPSA) is 87.8 Å². The number of hydrogen-bond acceptors (Lipinski definition) is 4. The minimum Gasteiger partial charge on any atom is -0.352 e. The molecule has 20 heavy (non-hydrogen) atoms. The van der Waals surface area contributed by atoms with Gasteiger partial charge in [-0.2, -0.15) is 5.10 Å². The highest BCUT2D eigenvalue weighted by Crippen LogP contribution is 2.20. The maximum absolute atomic E-state index is 11.8. The molecule has 1 heterocycles. The number of anilines is 1. The van der Waals surface area contributed by atoms with Crippen LogP contribution in [0.2, 0.25) is 0 Å². The summed E-state index contributed by atoms with van der Waals surface area (Å²) in [5, 5.41) is 8.31. The van der Waals surface area contributed by atoms with Crippen molar-refractivity contribution in [2.75, 3.05) is 18.1 Å². The van der Waals surface area contributed by atoms with Gasteiger partial charge in [-0.25, -0.2) is 5.01 Å². The first-order valence-electron chi connectivity index (χ1n) is 6.57. The summed E-state index contributed by atoms with van der Waals surface area (Å²) in [4.78, 5) is 23.5. The van der Waals surface area contributed by atoms with Gasteiger partial charge in [0.15, 0.2) is 0 Å². The fourth-order valence-electron chi connectivity index (χ4n) is 1.92. The van der Waals surface area contributed by atoms with Crippen LogP contribution in [-0.4, -0.2) is 30.6 Å². The molecule has 1 aliphatic heterocycles. The molecule has 0 aromatic heterocycles. The van der Waals surface area contributed by atoms with E-state index in [0.29, 0.717) is 30.8 Å². The number of carbonyl (C=O) groups excluding carboxylic acids is 2. The molecule has 0 aliphatic carbocycles. The lowest BCUT2D eigenvalue weighted by atomic mass is 10.2. The number of amides is 2. The predicted molar refractivity (Wildman–Crippen MR) is 77.7 cm³/mol. The van der Waals surface area contributed by atoms with Gasteiger partial charge in [0.05, 0.1) is 12.1 Å². The fraction of sp³-hybridized carbons (Fsp3) is 0.357. The van der Waals surface area contributed by atoms with Crippen molar-refractivity contribution >= 4 is 23.2 Å². The Labute approximate surface area is 117 Å². The molecule has 0 saturated heterocycles. The number of nitrogens with one attached hydrogen (secondary N) is 1. The molecule has 6 heteroatoms. The number of carbonyl (C=O) groups is 2. The van der Waals surface area contributed by atoms with E-state index in [0.717, 1.165) is 12.1 Å². The van der Waals surface area contributed by atoms with Gasteiger partial charge in [0.25, 0.3) is 11.8 Å². The molecule has 2 rings (SSSR count). The largest absolute Gasteiger partial charge is 0.352 e. The van der Waals surface area contributed by atoms with Gasteiger partial charge in [0.2, 0.25) is 0 Å². The molecular weight excluding hydrogens is 256 g/mol. The van der Waals surface area contributed by atoms with Crippen molar-refractivity contribution in [3.05, 3.63) is 29.8 Å². The van der Waals surface area contributed by atoms with E-state index in [1.165, 1.54) is 5.01 Å². The molecule has 0 radical (unpaired) electrons. The summed E-state index contributed by atoms with van der Waals surface area (Å²) < 4.78 is 0. The standard InChI is InChI=1S/C14H18N4O2/c1-10-9-13(19)18(17-10)12-5-3-11(4-6-12)14(20)16-8-2-7-15/h3-6H,2,7-9,15H2,1H3,(H,16,20). The van der Waals surface area contributed by atoms with Crippen LogP contribution in [0.15, 0.2) is 29.4 Å². The van der Waals surface area contributed by atoms with Crippen LogP contribution in [0.4, 0.5) is 5.69 Å². The zero-order valence-corrected chi connectivity index (χ0v) is 11.4. The van der Waals surface area contributed by atoms with Crippen molar-refractivity contribution < 1.29 is 9.59 Å². The monoisotopic (exact) mass is 274 g/mol. The first kappa shape index (κ1) is 14.2. The van der Waals surface area contributed by atoms with Gasteiger partial charge < -0.3 is 11.1 Å². The quantitative estimate of drug-likeness (QED) is 0.781. The third-order valence-electron chi connectivity index (χ3n) is 2.95. The van der Waals surface area contributed by atoms with E-state index < -0.39 is 0 Å². The summed E-state index contributed by atoms with van der Waals surface area (Å²) in [6.45, 7) is 2.93. The van der Waals surface area contributed by atoms with E-state index in [2.05, 4.69) is 10.4 Å². The average molecular weight is 274 g/mol. The lowest BCUT2D eigenvalue weighted by molar-refractivity contribution is -0.116. The smallest absolute Gasteiger partial charge is 0.253 e. The van der Waals surface area contributed by atoms with Crippen LogP contribution in [0.5, 0.6) is 0 Å². The van der Waals surface area contributed by atoms with Crippen molar-refractivity contribution in [3.63, 3.8) is 0 Å². The van der Waals surface area contributed by atoms with Gasteiger partial charge in [0, 0.05) is 17.8 Å². The van der Waals surface area contributed by atoms with Crippen LogP contribution in [-0.2, 0) is 4.79 Å². The second kappa shape index (κ2) is 6.29. The van der Waals surface area contributed by atoms with E-state index in [9.17, 15) is 9.59 Å². The van der Waals surface area contributed by atoms with Gasteiger partial charge in [-0.3, -0.25) is 9.59 Å². The molecule has 106 valence electrons. The van der Waals surface area contributed by atoms with E-state index in [1.54, 1.807) is 24.3 Å². The van der Waals surface area contributed by atoms with Crippen molar-refractivity contribution in [1.29, 1.82) is 0 Å². The third kappa shape index (κ3) is 3.21. The summed E-state index contributed by atoms with van der Waals surface area (Å²) in [5.74, 6) is -0.194. The molecule has 3 N–H and O–H groups in total. The first-order valence-corrected chi connectivity index (χ1v) is 6.57. The molecule has 1 aromatic rings. The minimum atomic E-state index is -0.141. The first-order chi connectivity index (χ1) is 9.61. The Morgan fingerprint density at radius 2 is 2.10 bits per heavy atom. The number of rotatable bonds is 5. The zero-order chi connectivity index (χ0) is 14.5. The van der Waals surface area contributed by atoms with Crippen molar-refractivity contribution in [1.82, 2.24) is 5.32 Å². The second-order valence-corrected chi connectivity index (χ2v) is 4.66. The van der Waals surface area contributed by atoms with Crippen molar-refractivity contribution in [2.24, 2.45) is 10.8 Å². The Morgan fingerprint density at radius 3 is 2.65 bits per heavy atom. The van der Waals surface area contributed by atoms with Gasteiger partial charge >= 0.3 is 0 Å². The highest BCUT2D eigenvalue weighted by Gasteiger charge is 2.22. The van der Waals surface area contributed by atoms with Crippen LogP contribution < -0.4 is 16.1 Å². The van der Waals surface area contributed by atoms with Gasteiger partial charge in [0.1, 0.15) is 0 Å². The summed E-state index contributed by atoms with van der Waals surface area (Å²) in [7, 11) is 0. The summed E-state index contributed by atoms with van der Waals surface area (Å²) in [6, 6.07) is 6.81. The molecular formula is C14H18N4O2. The maximum atomic E-state index is 11.8. The van der Waals surface area contributed by atoms with Crippen molar-refractivity contribution in [2.45, 2.75) is 19.8 Å². The number of nitrogens with two attached hydrogens (primary N) is 1. The fourth-order valence-corrected chi connectivity index (χ4v) is 1.92.